The Bertz CT molecular complexity index is 615. The zero-order valence-corrected chi connectivity index (χ0v) is 13.0. The molecule has 2 aromatic rings. The van der Waals surface area contributed by atoms with Gasteiger partial charge >= 0.3 is 0 Å². The van der Waals surface area contributed by atoms with Crippen molar-refractivity contribution in [2.24, 2.45) is 0 Å². The summed E-state index contributed by atoms with van der Waals surface area (Å²) < 4.78 is 5.26. The van der Waals surface area contributed by atoms with E-state index in [1.807, 2.05) is 41.7 Å². The number of hydrogen-bond acceptors (Lipinski definition) is 4. The zero-order chi connectivity index (χ0) is 13.9. The van der Waals surface area contributed by atoms with E-state index in [1.54, 1.807) is 7.11 Å². The lowest BCUT2D eigenvalue weighted by Gasteiger charge is -2.12. The van der Waals surface area contributed by atoms with E-state index in [9.17, 15) is 0 Å². The van der Waals surface area contributed by atoms with Gasteiger partial charge in [0.25, 0.3) is 0 Å². The van der Waals surface area contributed by atoms with Gasteiger partial charge < -0.3 is 10.5 Å². The van der Waals surface area contributed by atoms with E-state index in [4.69, 9.17) is 10.5 Å². The molecule has 3 rings (SSSR count). The number of benzene rings is 2. The summed E-state index contributed by atoms with van der Waals surface area (Å²) in [4.78, 5) is 2.54. The molecule has 0 aromatic heterocycles. The summed E-state index contributed by atoms with van der Waals surface area (Å²) in [6.07, 6.45) is 0. The minimum absolute atomic E-state index is 0.604. The molecule has 0 fully saturated rings. The Morgan fingerprint density at radius 3 is 3.00 bits per heavy atom. The summed E-state index contributed by atoms with van der Waals surface area (Å²) in [5.41, 5.74) is 8.35. The number of rotatable bonds is 4. The lowest BCUT2D eigenvalue weighted by atomic mass is 10.0. The van der Waals surface area contributed by atoms with E-state index in [0.29, 0.717) is 5.92 Å². The molecule has 4 heteroatoms. The van der Waals surface area contributed by atoms with Crippen LogP contribution >= 0.6 is 23.5 Å². The topological polar surface area (TPSA) is 35.2 Å². The second-order valence-corrected chi connectivity index (χ2v) is 6.88. The molecule has 0 saturated heterocycles. The predicted molar refractivity (Wildman–Crippen MR) is 88.0 cm³/mol. The Labute approximate surface area is 128 Å². The van der Waals surface area contributed by atoms with Gasteiger partial charge in [-0.1, -0.05) is 18.2 Å². The van der Waals surface area contributed by atoms with Crippen molar-refractivity contribution in [1.29, 1.82) is 0 Å². The maximum Gasteiger partial charge on any atom is 0.120 e. The number of fused-ring (bicyclic) bond motifs is 1. The highest BCUT2D eigenvalue weighted by Gasteiger charge is 2.22. The first-order valence-electron chi connectivity index (χ1n) is 6.56. The van der Waals surface area contributed by atoms with Gasteiger partial charge in [-0.3, -0.25) is 0 Å². The molecule has 0 bridgehead atoms. The standard InChI is InChI=1S/C16H17NOS2/c1-18-12-6-7-14(17)16(8-12)20-10-11-9-19-15-5-3-2-4-13(11)15/h2-8,11H,9-10,17H2,1H3. The summed E-state index contributed by atoms with van der Waals surface area (Å²) in [5, 5.41) is 0. The molecule has 1 aliphatic heterocycles. The molecule has 1 aliphatic rings. The molecular formula is C16H17NOS2. The molecule has 2 aromatic carbocycles. The maximum absolute atomic E-state index is 6.04. The number of thioether (sulfide) groups is 2. The molecule has 2 N–H and O–H groups in total. The van der Waals surface area contributed by atoms with Gasteiger partial charge in [0.2, 0.25) is 0 Å². The quantitative estimate of drug-likeness (QED) is 0.676. The number of methoxy groups -OCH3 is 1. The van der Waals surface area contributed by atoms with Crippen molar-refractivity contribution in [2.75, 3.05) is 24.3 Å². The summed E-state index contributed by atoms with van der Waals surface area (Å²) >= 11 is 3.77. The Hall–Kier alpha value is -1.26. The van der Waals surface area contributed by atoms with Crippen molar-refractivity contribution in [3.05, 3.63) is 48.0 Å². The van der Waals surface area contributed by atoms with E-state index >= 15 is 0 Å². The molecule has 0 radical (unpaired) electrons. The van der Waals surface area contributed by atoms with Crippen LogP contribution in [0, 0.1) is 0 Å². The SMILES string of the molecule is COc1ccc(N)c(SCC2CSc3ccccc32)c1. The molecule has 1 heterocycles. The van der Waals surface area contributed by atoms with E-state index in [2.05, 4.69) is 24.3 Å². The van der Waals surface area contributed by atoms with Gasteiger partial charge in [0.15, 0.2) is 0 Å². The van der Waals surface area contributed by atoms with Crippen LogP contribution in [-0.4, -0.2) is 18.6 Å². The largest absolute Gasteiger partial charge is 0.497 e. The van der Waals surface area contributed by atoms with Gasteiger partial charge in [0.1, 0.15) is 5.75 Å². The van der Waals surface area contributed by atoms with Crippen molar-refractivity contribution in [1.82, 2.24) is 0 Å². The Balaban J connectivity index is 1.72. The van der Waals surface area contributed by atoms with Crippen LogP contribution in [0.4, 0.5) is 5.69 Å². The second kappa shape index (κ2) is 6.02. The molecule has 1 atom stereocenters. The molecule has 0 aliphatic carbocycles. The number of nitrogen functional groups attached to an aromatic ring is 1. The fourth-order valence-electron chi connectivity index (χ4n) is 2.32. The van der Waals surface area contributed by atoms with Gasteiger partial charge in [0.05, 0.1) is 7.11 Å². The highest BCUT2D eigenvalue weighted by Crippen LogP contribution is 2.42. The van der Waals surface area contributed by atoms with Crippen molar-refractivity contribution in [3.8, 4) is 5.75 Å². The van der Waals surface area contributed by atoms with Crippen LogP contribution in [0.15, 0.2) is 52.3 Å². The van der Waals surface area contributed by atoms with Crippen LogP contribution in [0.2, 0.25) is 0 Å². The van der Waals surface area contributed by atoms with Crippen LogP contribution in [0.5, 0.6) is 5.75 Å². The monoisotopic (exact) mass is 303 g/mol. The number of nitrogens with two attached hydrogens (primary N) is 1. The highest BCUT2D eigenvalue weighted by atomic mass is 32.2. The van der Waals surface area contributed by atoms with Crippen LogP contribution < -0.4 is 10.5 Å². The average Bonchev–Trinajstić information content (AvgIpc) is 2.90. The third kappa shape index (κ3) is 2.76. The summed E-state index contributed by atoms with van der Waals surface area (Å²) in [5.74, 6) is 3.69. The van der Waals surface area contributed by atoms with E-state index in [-0.39, 0.29) is 0 Å². The molecule has 0 amide bonds. The predicted octanol–water partition coefficient (Wildman–Crippen LogP) is 4.26. The third-order valence-corrected chi connectivity index (χ3v) is 5.95. The van der Waals surface area contributed by atoms with Gasteiger partial charge in [-0.2, -0.15) is 0 Å². The first-order valence-corrected chi connectivity index (χ1v) is 8.53. The Morgan fingerprint density at radius 1 is 1.30 bits per heavy atom. The summed E-state index contributed by atoms with van der Waals surface area (Å²) in [6, 6.07) is 14.5. The number of anilines is 1. The van der Waals surface area contributed by atoms with Crippen LogP contribution in [0.25, 0.3) is 0 Å². The Morgan fingerprint density at radius 2 is 2.15 bits per heavy atom. The molecule has 20 heavy (non-hydrogen) atoms. The van der Waals surface area contributed by atoms with E-state index < -0.39 is 0 Å². The summed E-state index contributed by atoms with van der Waals surface area (Å²) in [7, 11) is 1.68. The van der Waals surface area contributed by atoms with Crippen molar-refractivity contribution in [3.63, 3.8) is 0 Å². The average molecular weight is 303 g/mol. The van der Waals surface area contributed by atoms with Crippen LogP contribution in [0.1, 0.15) is 11.5 Å². The fourth-order valence-corrected chi connectivity index (χ4v) is 4.84. The number of hydrogen-bond donors (Lipinski definition) is 1. The van der Waals surface area contributed by atoms with Crippen LogP contribution in [-0.2, 0) is 0 Å². The maximum atomic E-state index is 6.04. The lowest BCUT2D eigenvalue weighted by molar-refractivity contribution is 0.414. The molecule has 1 unspecified atom stereocenters. The molecule has 0 spiro atoms. The van der Waals surface area contributed by atoms with Gasteiger partial charge in [-0.25, -0.2) is 0 Å². The van der Waals surface area contributed by atoms with Gasteiger partial charge in [-0.05, 0) is 29.8 Å². The molecule has 0 saturated carbocycles. The summed E-state index contributed by atoms with van der Waals surface area (Å²) in [6.45, 7) is 0. The zero-order valence-electron chi connectivity index (χ0n) is 11.3. The van der Waals surface area contributed by atoms with Crippen molar-refractivity contribution < 1.29 is 4.74 Å². The van der Waals surface area contributed by atoms with Gasteiger partial charge in [0, 0.05) is 32.9 Å². The smallest absolute Gasteiger partial charge is 0.120 e. The van der Waals surface area contributed by atoms with E-state index in [1.165, 1.54) is 10.5 Å². The first kappa shape index (κ1) is 13.7. The second-order valence-electron chi connectivity index (χ2n) is 4.76. The molecule has 104 valence electrons. The van der Waals surface area contributed by atoms with Crippen LogP contribution in [0.3, 0.4) is 0 Å². The minimum Gasteiger partial charge on any atom is -0.497 e. The lowest BCUT2D eigenvalue weighted by Crippen LogP contribution is -2.01. The minimum atomic E-state index is 0.604. The fraction of sp³-hybridized carbons (Fsp3) is 0.250. The molecular weight excluding hydrogens is 286 g/mol. The van der Waals surface area contributed by atoms with E-state index in [0.717, 1.165) is 27.8 Å². The van der Waals surface area contributed by atoms with Crippen molar-refractivity contribution in [2.45, 2.75) is 15.7 Å². The van der Waals surface area contributed by atoms with Gasteiger partial charge in [-0.15, -0.1) is 23.5 Å². The highest BCUT2D eigenvalue weighted by molar-refractivity contribution is 8.00. The molecule has 2 nitrogen and oxygen atoms in total. The van der Waals surface area contributed by atoms with Crippen molar-refractivity contribution >= 4 is 29.2 Å². The number of ether oxygens (including phenoxy) is 1. The Kier molecular flexibility index (Phi) is 4.13. The first-order chi connectivity index (χ1) is 9.78. The third-order valence-electron chi connectivity index (χ3n) is 3.46. The normalized spacial score (nSPS) is 16.9.